The lowest BCUT2D eigenvalue weighted by molar-refractivity contribution is -0.138. The van der Waals surface area contributed by atoms with E-state index in [2.05, 4.69) is 39.2 Å². The van der Waals surface area contributed by atoms with Gasteiger partial charge in [0.2, 0.25) is 5.95 Å². The van der Waals surface area contributed by atoms with Gasteiger partial charge in [0.15, 0.2) is 0 Å². The smallest absolute Gasteiger partial charge is 0.370 e. The molecule has 0 saturated heterocycles. The lowest BCUT2D eigenvalue weighted by Gasteiger charge is -2.17. The molecule has 2 N–H and O–H groups in total. The van der Waals surface area contributed by atoms with Gasteiger partial charge < -0.3 is 10.6 Å². The Kier molecular flexibility index (Phi) is 9.54. The summed E-state index contributed by atoms with van der Waals surface area (Å²) in [5.41, 5.74) is 2.01. The molecule has 186 valence electrons. The van der Waals surface area contributed by atoms with Crippen molar-refractivity contribution in [2.75, 3.05) is 17.2 Å². The second-order valence-corrected chi connectivity index (χ2v) is 9.03. The Morgan fingerprint density at radius 1 is 1.00 bits per heavy atom. The lowest BCUT2D eigenvalue weighted by atomic mass is 10.1. The first-order valence-corrected chi connectivity index (χ1v) is 12.5. The number of aromatic nitrogens is 2. The van der Waals surface area contributed by atoms with Crippen molar-refractivity contribution in [3.05, 3.63) is 70.9 Å². The number of aryl methyl sites for hydroxylation is 1. The van der Waals surface area contributed by atoms with Crippen LogP contribution in [-0.2, 0) is 18.5 Å². The fourth-order valence-electron chi connectivity index (χ4n) is 3.56. The van der Waals surface area contributed by atoms with Gasteiger partial charge in [0.1, 0.15) is 5.82 Å². The summed E-state index contributed by atoms with van der Waals surface area (Å²) in [5, 5.41) is 6.39. The Morgan fingerprint density at radius 2 is 1.74 bits per heavy atom. The third-order valence-electron chi connectivity index (χ3n) is 5.45. The molecule has 0 unspecified atom stereocenters. The Hall–Kier alpha value is -3.07. The number of nitrogens with one attached hydrogen (secondary N) is 2. The van der Waals surface area contributed by atoms with Crippen LogP contribution in [0.5, 0.6) is 0 Å². The second kappa shape index (κ2) is 12.6. The van der Waals surface area contributed by atoms with Gasteiger partial charge in [0.05, 0.1) is 11.3 Å². The summed E-state index contributed by atoms with van der Waals surface area (Å²) < 4.78 is 40.1. The van der Waals surface area contributed by atoms with Crippen LogP contribution in [0.1, 0.15) is 48.6 Å². The normalized spacial score (nSPS) is 11.3. The summed E-state index contributed by atoms with van der Waals surface area (Å²) in [6.07, 6.45) is -1.22. The molecular formula is C26H30F3N5S. The average molecular weight is 502 g/mol. The molecule has 35 heavy (non-hydrogen) atoms. The molecule has 0 bridgehead atoms. The van der Waals surface area contributed by atoms with E-state index in [1.54, 1.807) is 17.8 Å². The highest BCUT2D eigenvalue weighted by atomic mass is 32.2. The van der Waals surface area contributed by atoms with E-state index in [1.807, 2.05) is 31.2 Å². The maximum atomic E-state index is 13.4. The minimum Gasteiger partial charge on any atom is -0.370 e. The predicted molar refractivity (Wildman–Crippen MR) is 139 cm³/mol. The molecule has 5 nitrogen and oxygen atoms in total. The third kappa shape index (κ3) is 7.45. The third-order valence-corrected chi connectivity index (χ3v) is 6.54. The number of halogens is 3. The Balaban J connectivity index is 1.82. The van der Waals surface area contributed by atoms with Crippen LogP contribution in [0.15, 0.2) is 58.4 Å². The first kappa shape index (κ1) is 26.5. The molecular weight excluding hydrogens is 471 g/mol. The van der Waals surface area contributed by atoms with Crippen LogP contribution in [-0.4, -0.2) is 23.2 Å². The van der Waals surface area contributed by atoms with Crippen LogP contribution in [0.4, 0.5) is 30.6 Å². The van der Waals surface area contributed by atoms with Gasteiger partial charge in [-0.15, -0.1) is 11.8 Å². The first-order valence-electron chi connectivity index (χ1n) is 11.5. The summed E-state index contributed by atoms with van der Waals surface area (Å²) in [6, 6.07) is 13.3. The maximum Gasteiger partial charge on any atom is 0.416 e. The first-order chi connectivity index (χ1) is 16.8. The Labute approximate surface area is 208 Å². The van der Waals surface area contributed by atoms with Crippen molar-refractivity contribution in [1.29, 1.82) is 0 Å². The van der Waals surface area contributed by atoms with E-state index in [4.69, 9.17) is 0 Å². The summed E-state index contributed by atoms with van der Waals surface area (Å²) in [4.78, 5) is 14.3. The van der Waals surface area contributed by atoms with E-state index in [0.29, 0.717) is 17.5 Å². The number of nitrogens with zero attached hydrogens (tertiary/aromatic N) is 3. The van der Waals surface area contributed by atoms with Crippen LogP contribution < -0.4 is 10.6 Å². The standard InChI is InChI=1S/C26H30F3N5S/c1-4-5-10-15-31-24-20(17-35-23-14-9-8-13-22(23)30-3)18(2)33-25(34-24)32-16-19-11-6-7-12-21(19)26(27,28)29/h6-9,11-14H,3-5,10,15-17H2,1-2H3,(H2,31,32,33,34). The van der Waals surface area contributed by atoms with Gasteiger partial charge in [0, 0.05) is 35.0 Å². The highest BCUT2D eigenvalue weighted by Gasteiger charge is 2.32. The monoisotopic (exact) mass is 501 g/mol. The van der Waals surface area contributed by atoms with Crippen molar-refractivity contribution < 1.29 is 13.2 Å². The number of aliphatic imine (C=N–C) groups is 1. The van der Waals surface area contributed by atoms with Gasteiger partial charge in [-0.1, -0.05) is 50.1 Å². The van der Waals surface area contributed by atoms with Gasteiger partial charge in [-0.2, -0.15) is 18.2 Å². The zero-order valence-corrected chi connectivity index (χ0v) is 20.8. The molecule has 3 aromatic rings. The van der Waals surface area contributed by atoms with Gasteiger partial charge >= 0.3 is 6.18 Å². The van der Waals surface area contributed by atoms with E-state index >= 15 is 0 Å². The zero-order chi connectivity index (χ0) is 25.3. The van der Waals surface area contributed by atoms with Gasteiger partial charge in [0.25, 0.3) is 0 Å². The minimum atomic E-state index is -4.42. The SMILES string of the molecule is C=Nc1ccccc1SCc1c(C)nc(NCc2ccccc2C(F)(F)F)nc1NCCCCC. The molecule has 0 fully saturated rings. The molecule has 2 aromatic carbocycles. The quantitative estimate of drug-likeness (QED) is 0.152. The number of alkyl halides is 3. The minimum absolute atomic E-state index is 0.0309. The van der Waals surface area contributed by atoms with Crippen molar-refractivity contribution >= 4 is 35.9 Å². The molecule has 0 aliphatic rings. The highest BCUT2D eigenvalue weighted by Crippen LogP contribution is 2.34. The van der Waals surface area contributed by atoms with E-state index < -0.39 is 11.7 Å². The Bertz CT molecular complexity index is 1130. The van der Waals surface area contributed by atoms with E-state index in [9.17, 15) is 13.2 Å². The number of thioether (sulfide) groups is 1. The summed E-state index contributed by atoms with van der Waals surface area (Å²) in [6.45, 7) is 8.39. The topological polar surface area (TPSA) is 62.2 Å². The molecule has 0 amide bonds. The number of rotatable bonds is 12. The van der Waals surface area contributed by atoms with Crippen LogP contribution in [0, 0.1) is 6.92 Å². The molecule has 0 saturated carbocycles. The van der Waals surface area contributed by atoms with Crippen LogP contribution >= 0.6 is 11.8 Å². The lowest BCUT2D eigenvalue weighted by Crippen LogP contribution is -2.14. The number of para-hydroxylation sites is 1. The van der Waals surface area contributed by atoms with Gasteiger partial charge in [-0.05, 0) is 43.8 Å². The van der Waals surface area contributed by atoms with Crippen molar-refractivity contribution in [3.8, 4) is 0 Å². The van der Waals surface area contributed by atoms with E-state index in [-0.39, 0.29) is 12.1 Å². The Morgan fingerprint density at radius 3 is 2.49 bits per heavy atom. The van der Waals surface area contributed by atoms with Gasteiger partial charge in [-0.3, -0.25) is 4.99 Å². The second-order valence-electron chi connectivity index (χ2n) is 8.02. The summed E-state index contributed by atoms with van der Waals surface area (Å²) in [5.74, 6) is 1.60. The van der Waals surface area contributed by atoms with Crippen LogP contribution in [0.2, 0.25) is 0 Å². The molecule has 0 atom stereocenters. The van der Waals surface area contributed by atoms with E-state index in [0.717, 1.165) is 53.7 Å². The number of unbranched alkanes of at least 4 members (excludes halogenated alkanes) is 2. The molecule has 9 heteroatoms. The van der Waals surface area contributed by atoms with Crippen molar-refractivity contribution in [1.82, 2.24) is 9.97 Å². The van der Waals surface area contributed by atoms with Crippen LogP contribution in [0.25, 0.3) is 0 Å². The molecule has 0 aliphatic carbocycles. The molecule has 0 radical (unpaired) electrons. The van der Waals surface area contributed by atoms with Crippen molar-refractivity contribution in [2.45, 2.75) is 56.5 Å². The number of anilines is 2. The molecule has 3 rings (SSSR count). The summed E-state index contributed by atoms with van der Waals surface area (Å²) >= 11 is 1.62. The van der Waals surface area contributed by atoms with Crippen LogP contribution in [0.3, 0.4) is 0 Å². The number of hydrogen-bond donors (Lipinski definition) is 2. The molecule has 1 aromatic heterocycles. The number of benzene rings is 2. The predicted octanol–water partition coefficient (Wildman–Crippen LogP) is 7.64. The molecule has 0 aliphatic heterocycles. The summed E-state index contributed by atoms with van der Waals surface area (Å²) in [7, 11) is 0. The number of hydrogen-bond acceptors (Lipinski definition) is 6. The van der Waals surface area contributed by atoms with E-state index in [1.165, 1.54) is 12.1 Å². The maximum absolute atomic E-state index is 13.4. The molecule has 0 spiro atoms. The van der Waals surface area contributed by atoms with Gasteiger partial charge in [-0.25, -0.2) is 4.98 Å². The zero-order valence-electron chi connectivity index (χ0n) is 20.0. The largest absolute Gasteiger partial charge is 0.416 e. The fraction of sp³-hybridized carbons (Fsp3) is 0.346. The fourth-order valence-corrected chi connectivity index (χ4v) is 4.66. The highest BCUT2D eigenvalue weighted by molar-refractivity contribution is 7.98. The van der Waals surface area contributed by atoms with Crippen molar-refractivity contribution in [2.24, 2.45) is 4.99 Å². The molecule has 1 heterocycles. The average Bonchev–Trinajstić information content (AvgIpc) is 2.84. The van der Waals surface area contributed by atoms with Crippen molar-refractivity contribution in [3.63, 3.8) is 0 Å².